The van der Waals surface area contributed by atoms with Gasteiger partial charge in [0, 0.05) is 6.54 Å². The van der Waals surface area contributed by atoms with Crippen LogP contribution >= 0.6 is 0 Å². The maximum atomic E-state index is 13.2. The number of rotatable bonds is 5. The fourth-order valence-corrected chi connectivity index (χ4v) is 4.39. The maximum absolute atomic E-state index is 13.2. The average molecular weight is 421 g/mol. The highest BCUT2D eigenvalue weighted by Crippen LogP contribution is 2.34. The molecule has 4 rings (SSSR count). The van der Waals surface area contributed by atoms with Gasteiger partial charge in [0.25, 0.3) is 5.91 Å². The number of urea groups is 1. The number of aryl methyl sites for hydroxylation is 1. The molecule has 0 spiro atoms. The van der Waals surface area contributed by atoms with Crippen LogP contribution in [0.3, 0.4) is 0 Å². The number of carbonyl (C=O) groups excluding carboxylic acids is 3. The number of nitrogens with one attached hydrogen (secondary N) is 1. The molecule has 2 saturated heterocycles. The number of likely N-dealkylation sites (tertiary alicyclic amines) is 1. The molecule has 0 saturated carbocycles. The van der Waals surface area contributed by atoms with E-state index in [0.717, 1.165) is 34.6 Å². The minimum atomic E-state index is -1.18. The molecular formula is C24H27N3O4. The molecule has 0 bridgehead atoms. The van der Waals surface area contributed by atoms with E-state index in [-0.39, 0.29) is 18.5 Å². The third-order valence-electron chi connectivity index (χ3n) is 6.27. The van der Waals surface area contributed by atoms with Crippen molar-refractivity contribution in [1.82, 2.24) is 15.1 Å². The molecule has 162 valence electrons. The third kappa shape index (κ3) is 3.76. The Bertz CT molecular complexity index is 1000. The standard InChI is InChI=1S/C24H27N3O4/c1-16-6-10-18(11-7-16)24(2)22(29)27(23(30)25-24)15-21(28)26-14-4-5-20(26)17-8-12-19(31-3)13-9-17/h6-13,20H,4-5,14-15H2,1-3H3,(H,25,30)/t20-,24-/m0/s1. The largest absolute Gasteiger partial charge is 0.497 e. The van der Waals surface area contributed by atoms with Crippen LogP contribution < -0.4 is 10.1 Å². The first-order chi connectivity index (χ1) is 14.8. The summed E-state index contributed by atoms with van der Waals surface area (Å²) in [5, 5.41) is 2.77. The van der Waals surface area contributed by atoms with Gasteiger partial charge in [-0.15, -0.1) is 0 Å². The van der Waals surface area contributed by atoms with Gasteiger partial charge in [-0.2, -0.15) is 0 Å². The highest BCUT2D eigenvalue weighted by molar-refractivity contribution is 6.09. The van der Waals surface area contributed by atoms with Crippen LogP contribution in [-0.4, -0.2) is 47.8 Å². The van der Waals surface area contributed by atoms with Gasteiger partial charge in [0.15, 0.2) is 0 Å². The predicted molar refractivity (Wildman–Crippen MR) is 115 cm³/mol. The Labute approximate surface area is 182 Å². The van der Waals surface area contributed by atoms with Gasteiger partial charge in [-0.3, -0.25) is 14.5 Å². The van der Waals surface area contributed by atoms with Crippen LogP contribution in [0.1, 0.15) is 42.5 Å². The minimum absolute atomic E-state index is 0.0670. The zero-order chi connectivity index (χ0) is 22.2. The molecule has 31 heavy (non-hydrogen) atoms. The number of methoxy groups -OCH3 is 1. The first-order valence-electron chi connectivity index (χ1n) is 10.5. The van der Waals surface area contributed by atoms with E-state index < -0.39 is 17.5 Å². The number of hydrogen-bond donors (Lipinski definition) is 1. The number of benzene rings is 2. The quantitative estimate of drug-likeness (QED) is 0.753. The third-order valence-corrected chi connectivity index (χ3v) is 6.27. The van der Waals surface area contributed by atoms with Gasteiger partial charge in [-0.1, -0.05) is 42.0 Å². The van der Waals surface area contributed by atoms with Crippen molar-refractivity contribution in [3.05, 3.63) is 65.2 Å². The number of amides is 4. The molecule has 7 nitrogen and oxygen atoms in total. The Hall–Kier alpha value is -3.35. The summed E-state index contributed by atoms with van der Waals surface area (Å²) in [7, 11) is 1.61. The van der Waals surface area contributed by atoms with E-state index in [9.17, 15) is 14.4 Å². The van der Waals surface area contributed by atoms with E-state index >= 15 is 0 Å². The van der Waals surface area contributed by atoms with Crippen LogP contribution in [0.4, 0.5) is 4.79 Å². The van der Waals surface area contributed by atoms with Crippen molar-refractivity contribution < 1.29 is 19.1 Å². The number of ether oxygens (including phenoxy) is 1. The highest BCUT2D eigenvalue weighted by atomic mass is 16.5. The van der Waals surface area contributed by atoms with E-state index in [0.29, 0.717) is 12.1 Å². The fourth-order valence-electron chi connectivity index (χ4n) is 4.39. The Kier molecular flexibility index (Phi) is 5.43. The van der Waals surface area contributed by atoms with Gasteiger partial charge in [-0.25, -0.2) is 4.79 Å². The van der Waals surface area contributed by atoms with Gasteiger partial charge >= 0.3 is 6.03 Å². The topological polar surface area (TPSA) is 79.0 Å². The zero-order valence-corrected chi connectivity index (χ0v) is 18.1. The van der Waals surface area contributed by atoms with Crippen LogP contribution in [0.15, 0.2) is 48.5 Å². The molecule has 2 fully saturated rings. The van der Waals surface area contributed by atoms with E-state index in [1.807, 2.05) is 55.5 Å². The lowest BCUT2D eigenvalue weighted by molar-refractivity contribution is -0.139. The lowest BCUT2D eigenvalue weighted by atomic mass is 9.91. The molecule has 0 unspecified atom stereocenters. The minimum Gasteiger partial charge on any atom is -0.497 e. The summed E-state index contributed by atoms with van der Waals surface area (Å²) < 4.78 is 5.21. The summed E-state index contributed by atoms with van der Waals surface area (Å²) in [6.45, 7) is 3.98. The van der Waals surface area contributed by atoms with Crippen molar-refractivity contribution >= 4 is 17.8 Å². The first kappa shape index (κ1) is 20.9. The van der Waals surface area contributed by atoms with Crippen molar-refractivity contribution in [2.24, 2.45) is 0 Å². The van der Waals surface area contributed by atoms with Crippen LogP contribution in [0, 0.1) is 6.92 Å². The predicted octanol–water partition coefficient (Wildman–Crippen LogP) is 3.13. The molecule has 2 atom stereocenters. The SMILES string of the molecule is COc1ccc([C@@H]2CCCN2C(=O)CN2C(=O)N[C@@](C)(c3ccc(C)cc3)C2=O)cc1. The van der Waals surface area contributed by atoms with Gasteiger partial charge in [0.05, 0.1) is 13.2 Å². The van der Waals surface area contributed by atoms with E-state index in [1.54, 1.807) is 18.9 Å². The summed E-state index contributed by atoms with van der Waals surface area (Å²) in [5.41, 5.74) is 1.61. The summed E-state index contributed by atoms with van der Waals surface area (Å²) in [4.78, 5) is 41.7. The van der Waals surface area contributed by atoms with Crippen LogP contribution in [0.25, 0.3) is 0 Å². The van der Waals surface area contributed by atoms with Crippen molar-refractivity contribution in [1.29, 1.82) is 0 Å². The van der Waals surface area contributed by atoms with Crippen molar-refractivity contribution in [2.45, 2.75) is 38.3 Å². The molecule has 0 radical (unpaired) electrons. The van der Waals surface area contributed by atoms with Gasteiger partial charge in [-0.05, 0) is 49.9 Å². The summed E-state index contributed by atoms with van der Waals surface area (Å²) in [5.74, 6) is 0.124. The summed E-state index contributed by atoms with van der Waals surface area (Å²) in [6, 6.07) is 14.5. The van der Waals surface area contributed by atoms with E-state index in [1.165, 1.54) is 0 Å². The smallest absolute Gasteiger partial charge is 0.325 e. The molecule has 2 aromatic rings. The van der Waals surface area contributed by atoms with Crippen LogP contribution in [0.5, 0.6) is 5.75 Å². The van der Waals surface area contributed by atoms with Crippen LogP contribution in [0.2, 0.25) is 0 Å². The molecule has 2 aromatic carbocycles. The number of nitrogens with zero attached hydrogens (tertiary/aromatic N) is 2. The number of hydrogen-bond acceptors (Lipinski definition) is 4. The van der Waals surface area contributed by atoms with Gasteiger partial charge < -0.3 is 15.0 Å². The molecule has 7 heteroatoms. The molecule has 0 aromatic heterocycles. The Morgan fingerprint density at radius 3 is 2.45 bits per heavy atom. The summed E-state index contributed by atoms with van der Waals surface area (Å²) in [6.07, 6.45) is 1.73. The summed E-state index contributed by atoms with van der Waals surface area (Å²) >= 11 is 0. The molecule has 0 aliphatic carbocycles. The highest BCUT2D eigenvalue weighted by Gasteiger charge is 2.50. The molecule has 2 aliphatic rings. The lowest BCUT2D eigenvalue weighted by Gasteiger charge is -2.27. The average Bonchev–Trinajstić information content (AvgIpc) is 3.34. The van der Waals surface area contributed by atoms with Crippen LogP contribution in [-0.2, 0) is 15.1 Å². The van der Waals surface area contributed by atoms with Crippen molar-refractivity contribution in [2.75, 3.05) is 20.2 Å². The monoisotopic (exact) mass is 421 g/mol. The Balaban J connectivity index is 1.50. The second kappa shape index (κ2) is 8.06. The molecule has 2 heterocycles. The zero-order valence-electron chi connectivity index (χ0n) is 18.1. The molecular weight excluding hydrogens is 394 g/mol. The maximum Gasteiger partial charge on any atom is 0.325 e. The van der Waals surface area contributed by atoms with E-state index in [4.69, 9.17) is 4.74 Å². The van der Waals surface area contributed by atoms with Gasteiger partial charge in [0.1, 0.15) is 17.8 Å². The number of carbonyl (C=O) groups is 3. The Morgan fingerprint density at radius 2 is 1.81 bits per heavy atom. The lowest BCUT2D eigenvalue weighted by Crippen LogP contribution is -2.44. The van der Waals surface area contributed by atoms with E-state index in [2.05, 4.69) is 5.32 Å². The second-order valence-corrected chi connectivity index (χ2v) is 8.33. The number of imide groups is 1. The second-order valence-electron chi connectivity index (χ2n) is 8.33. The first-order valence-corrected chi connectivity index (χ1v) is 10.5. The van der Waals surface area contributed by atoms with Crippen molar-refractivity contribution in [3.63, 3.8) is 0 Å². The molecule has 1 N–H and O–H groups in total. The van der Waals surface area contributed by atoms with Gasteiger partial charge in [0.2, 0.25) is 5.91 Å². The fraction of sp³-hybridized carbons (Fsp3) is 0.375. The normalized spacial score (nSPS) is 23.3. The molecule has 4 amide bonds. The Morgan fingerprint density at radius 1 is 1.13 bits per heavy atom. The van der Waals surface area contributed by atoms with Crippen molar-refractivity contribution in [3.8, 4) is 5.75 Å². The molecule has 2 aliphatic heterocycles.